The molecule has 2 N–H and O–H groups in total. The SMILES string of the molecule is O=C(CSC1=NC2NNCC2C(=O)N1c1ccccc1)c1ccc(F)cc1. The normalized spacial score (nSPS) is 21.7. The standard InChI is InChI=1S/C19H17FN4O2S/c20-13-8-6-12(7-9-13)16(25)11-27-19-22-17-15(10-21-23-17)18(26)24(19)14-4-2-1-3-5-14/h1-9,15,17,21,23H,10-11H2. The van der Waals surface area contributed by atoms with E-state index in [1.54, 1.807) is 4.90 Å². The molecule has 0 bridgehead atoms. The van der Waals surface area contributed by atoms with Gasteiger partial charge in [0.05, 0.1) is 17.4 Å². The Morgan fingerprint density at radius 1 is 1.19 bits per heavy atom. The number of hydrogen-bond donors (Lipinski definition) is 2. The summed E-state index contributed by atoms with van der Waals surface area (Å²) in [7, 11) is 0. The van der Waals surface area contributed by atoms with E-state index in [2.05, 4.69) is 15.8 Å². The molecule has 2 aliphatic heterocycles. The fraction of sp³-hybridized carbons (Fsp3) is 0.211. The first-order valence-corrected chi connectivity index (χ1v) is 9.49. The maximum absolute atomic E-state index is 13.0. The highest BCUT2D eigenvalue weighted by atomic mass is 32.2. The summed E-state index contributed by atoms with van der Waals surface area (Å²) >= 11 is 1.20. The molecule has 2 atom stereocenters. The largest absolute Gasteiger partial charge is 0.293 e. The van der Waals surface area contributed by atoms with Crippen molar-refractivity contribution in [3.8, 4) is 0 Å². The lowest BCUT2D eigenvalue weighted by molar-refractivity contribution is -0.121. The van der Waals surface area contributed by atoms with E-state index in [9.17, 15) is 14.0 Å². The number of fused-ring (bicyclic) bond motifs is 1. The van der Waals surface area contributed by atoms with E-state index in [1.165, 1.54) is 36.0 Å². The van der Waals surface area contributed by atoms with Gasteiger partial charge < -0.3 is 0 Å². The Kier molecular flexibility index (Phi) is 5.02. The highest BCUT2D eigenvalue weighted by molar-refractivity contribution is 8.14. The Labute approximate surface area is 159 Å². The molecule has 1 saturated heterocycles. The molecule has 2 aliphatic rings. The lowest BCUT2D eigenvalue weighted by Gasteiger charge is -2.32. The van der Waals surface area contributed by atoms with Gasteiger partial charge >= 0.3 is 0 Å². The third kappa shape index (κ3) is 3.64. The second kappa shape index (κ2) is 7.59. The predicted octanol–water partition coefficient (Wildman–Crippen LogP) is 2.19. The first kappa shape index (κ1) is 17.8. The van der Waals surface area contributed by atoms with Gasteiger partial charge in [0.2, 0.25) is 5.91 Å². The fourth-order valence-corrected chi connectivity index (χ4v) is 3.97. The number of amides is 1. The summed E-state index contributed by atoms with van der Waals surface area (Å²) in [5.41, 5.74) is 7.10. The second-order valence-electron chi connectivity index (χ2n) is 6.22. The number of carbonyl (C=O) groups is 2. The highest BCUT2D eigenvalue weighted by Gasteiger charge is 2.42. The van der Waals surface area contributed by atoms with Crippen LogP contribution in [0.25, 0.3) is 0 Å². The van der Waals surface area contributed by atoms with Crippen LogP contribution in [0.4, 0.5) is 10.1 Å². The van der Waals surface area contributed by atoms with Gasteiger partial charge in [0.15, 0.2) is 11.0 Å². The van der Waals surface area contributed by atoms with E-state index in [0.29, 0.717) is 23.0 Å². The molecule has 1 fully saturated rings. The summed E-state index contributed by atoms with van der Waals surface area (Å²) in [5, 5.41) is 0.471. The van der Waals surface area contributed by atoms with E-state index in [-0.39, 0.29) is 35.3 Å². The minimum absolute atomic E-state index is 0.0598. The zero-order chi connectivity index (χ0) is 18.8. The number of Topliss-reactive ketones (excluding diaryl/α,β-unsaturated/α-hetero) is 1. The number of carbonyl (C=O) groups excluding carboxylic acids is 2. The molecule has 8 heteroatoms. The van der Waals surface area contributed by atoms with Gasteiger partial charge in [0, 0.05) is 12.1 Å². The Morgan fingerprint density at radius 2 is 1.93 bits per heavy atom. The van der Waals surface area contributed by atoms with Crippen LogP contribution >= 0.6 is 11.8 Å². The minimum Gasteiger partial charge on any atom is -0.293 e. The zero-order valence-corrected chi connectivity index (χ0v) is 15.1. The van der Waals surface area contributed by atoms with Crippen molar-refractivity contribution >= 4 is 34.3 Å². The molecular weight excluding hydrogens is 367 g/mol. The number of amidine groups is 1. The molecule has 0 spiro atoms. The maximum atomic E-state index is 13.0. The molecule has 0 aromatic heterocycles. The second-order valence-corrected chi connectivity index (χ2v) is 7.16. The van der Waals surface area contributed by atoms with Crippen LogP contribution in [0.1, 0.15) is 10.4 Å². The maximum Gasteiger partial charge on any atom is 0.241 e. The average molecular weight is 384 g/mol. The molecule has 2 unspecified atom stereocenters. The summed E-state index contributed by atoms with van der Waals surface area (Å²) in [4.78, 5) is 31.6. The first-order valence-electron chi connectivity index (χ1n) is 8.50. The number of rotatable bonds is 4. The molecule has 2 aromatic rings. The highest BCUT2D eigenvalue weighted by Crippen LogP contribution is 2.29. The van der Waals surface area contributed by atoms with Gasteiger partial charge in [0.25, 0.3) is 0 Å². The number of nitrogens with zero attached hydrogens (tertiary/aromatic N) is 2. The van der Waals surface area contributed by atoms with E-state index in [1.807, 2.05) is 30.3 Å². The van der Waals surface area contributed by atoms with Gasteiger partial charge in [0.1, 0.15) is 12.0 Å². The number of nitrogens with one attached hydrogen (secondary N) is 2. The van der Waals surface area contributed by atoms with Crippen LogP contribution in [0.2, 0.25) is 0 Å². The monoisotopic (exact) mass is 384 g/mol. The van der Waals surface area contributed by atoms with E-state index in [4.69, 9.17) is 0 Å². The van der Waals surface area contributed by atoms with Crippen LogP contribution in [-0.4, -0.2) is 35.3 Å². The number of para-hydroxylation sites is 1. The smallest absolute Gasteiger partial charge is 0.241 e. The van der Waals surface area contributed by atoms with Gasteiger partial charge in [-0.1, -0.05) is 30.0 Å². The van der Waals surface area contributed by atoms with Crippen molar-refractivity contribution in [3.05, 3.63) is 66.0 Å². The van der Waals surface area contributed by atoms with Gasteiger partial charge in [-0.15, -0.1) is 0 Å². The number of aliphatic imine (C=N–C) groups is 1. The Morgan fingerprint density at radius 3 is 2.67 bits per heavy atom. The van der Waals surface area contributed by atoms with E-state index >= 15 is 0 Å². The summed E-state index contributed by atoms with van der Waals surface area (Å²) in [6.07, 6.45) is -0.346. The van der Waals surface area contributed by atoms with Crippen molar-refractivity contribution in [2.24, 2.45) is 10.9 Å². The lowest BCUT2D eigenvalue weighted by atomic mass is 10.0. The van der Waals surface area contributed by atoms with Crippen molar-refractivity contribution < 1.29 is 14.0 Å². The molecular formula is C19H17FN4O2S. The molecule has 138 valence electrons. The number of benzene rings is 2. The van der Waals surface area contributed by atoms with Crippen molar-refractivity contribution in [2.45, 2.75) is 6.17 Å². The number of anilines is 1. The molecule has 4 rings (SSSR count). The summed E-state index contributed by atoms with van der Waals surface area (Å²) < 4.78 is 13.0. The van der Waals surface area contributed by atoms with Gasteiger partial charge in [-0.05, 0) is 36.4 Å². The third-order valence-electron chi connectivity index (χ3n) is 4.44. The summed E-state index contributed by atoms with van der Waals surface area (Å²) in [6.45, 7) is 0.503. The Balaban J connectivity index is 1.57. The van der Waals surface area contributed by atoms with Crippen molar-refractivity contribution in [2.75, 3.05) is 17.2 Å². The topological polar surface area (TPSA) is 73.8 Å². The fourth-order valence-electron chi connectivity index (χ4n) is 3.03. The molecule has 0 saturated carbocycles. The molecule has 1 amide bonds. The van der Waals surface area contributed by atoms with Crippen LogP contribution in [0.15, 0.2) is 59.6 Å². The van der Waals surface area contributed by atoms with Crippen LogP contribution in [0, 0.1) is 11.7 Å². The van der Waals surface area contributed by atoms with Gasteiger partial charge in [-0.3, -0.25) is 19.9 Å². The van der Waals surface area contributed by atoms with Crippen LogP contribution in [0.5, 0.6) is 0 Å². The average Bonchev–Trinajstić information content (AvgIpc) is 3.16. The van der Waals surface area contributed by atoms with Crippen molar-refractivity contribution in [1.82, 2.24) is 10.9 Å². The molecule has 2 aromatic carbocycles. The molecule has 6 nitrogen and oxygen atoms in total. The number of hydrogen-bond acceptors (Lipinski definition) is 6. The number of ketones is 1. The van der Waals surface area contributed by atoms with Gasteiger partial charge in [-0.25, -0.2) is 14.8 Å². The Hall–Kier alpha value is -2.55. The van der Waals surface area contributed by atoms with Crippen LogP contribution in [0.3, 0.4) is 0 Å². The third-order valence-corrected chi connectivity index (χ3v) is 5.40. The predicted molar refractivity (Wildman–Crippen MR) is 103 cm³/mol. The molecule has 0 aliphatic carbocycles. The Bertz CT molecular complexity index is 888. The van der Waals surface area contributed by atoms with Crippen molar-refractivity contribution in [1.29, 1.82) is 0 Å². The molecule has 0 radical (unpaired) electrons. The number of hydrazine groups is 1. The quantitative estimate of drug-likeness (QED) is 0.791. The van der Waals surface area contributed by atoms with Crippen molar-refractivity contribution in [3.63, 3.8) is 0 Å². The van der Waals surface area contributed by atoms with Crippen LogP contribution in [-0.2, 0) is 4.79 Å². The molecule has 27 heavy (non-hydrogen) atoms. The number of halogens is 1. The lowest BCUT2D eigenvalue weighted by Crippen LogP contribution is -2.49. The van der Waals surface area contributed by atoms with E-state index < -0.39 is 0 Å². The van der Waals surface area contributed by atoms with Crippen LogP contribution < -0.4 is 15.8 Å². The minimum atomic E-state index is -0.387. The first-order chi connectivity index (χ1) is 13.1. The van der Waals surface area contributed by atoms with Gasteiger partial charge in [-0.2, -0.15) is 0 Å². The summed E-state index contributed by atoms with van der Waals surface area (Å²) in [6, 6.07) is 14.7. The zero-order valence-electron chi connectivity index (χ0n) is 14.3. The molecule has 2 heterocycles. The van der Waals surface area contributed by atoms with E-state index in [0.717, 1.165) is 0 Å². The number of thioether (sulfide) groups is 1. The summed E-state index contributed by atoms with van der Waals surface area (Å²) in [5.74, 6) is -0.783.